The first kappa shape index (κ1) is 24.5. The molecule has 0 amide bonds. The molecule has 1 aromatic carbocycles. The van der Waals surface area contributed by atoms with Gasteiger partial charge >= 0.3 is 0 Å². The Hall–Kier alpha value is -1.15. The number of piperidine rings is 1. The minimum Gasteiger partial charge on any atom is -0.494 e. The molecule has 0 unspecified atom stereocenters. The van der Waals surface area contributed by atoms with Gasteiger partial charge in [0.05, 0.1) is 24.6 Å². The van der Waals surface area contributed by atoms with Crippen molar-refractivity contribution in [1.82, 2.24) is 10.0 Å². The molecule has 0 bridgehead atoms. The number of hydrogen-bond donors (Lipinski definition) is 2. The van der Waals surface area contributed by atoms with E-state index in [-0.39, 0.29) is 23.4 Å². The van der Waals surface area contributed by atoms with Crippen LogP contribution >= 0.6 is 0 Å². The number of para-hydroxylation sites is 1. The lowest BCUT2D eigenvalue weighted by molar-refractivity contribution is 0.00508. The maximum absolute atomic E-state index is 12.5. The van der Waals surface area contributed by atoms with Gasteiger partial charge < -0.3 is 14.8 Å². The molecule has 1 heterocycles. The molecule has 0 spiro atoms. The topological polar surface area (TPSA) is 76.7 Å². The molecule has 1 aliphatic heterocycles. The van der Waals surface area contributed by atoms with Crippen LogP contribution in [0.25, 0.3) is 0 Å². The molecule has 1 aromatic rings. The van der Waals surface area contributed by atoms with Crippen molar-refractivity contribution < 1.29 is 17.9 Å². The zero-order chi connectivity index (χ0) is 22.3. The number of sulfonamides is 1. The van der Waals surface area contributed by atoms with Crippen molar-refractivity contribution in [3.8, 4) is 5.75 Å². The Labute approximate surface area is 188 Å². The van der Waals surface area contributed by atoms with Crippen LogP contribution in [-0.2, 0) is 14.8 Å². The minimum absolute atomic E-state index is 0.0315. The van der Waals surface area contributed by atoms with Gasteiger partial charge in [-0.2, -0.15) is 0 Å². The van der Waals surface area contributed by atoms with Crippen molar-refractivity contribution >= 4 is 10.0 Å². The second-order valence-electron chi connectivity index (χ2n) is 8.97. The number of rotatable bonds is 10. The van der Waals surface area contributed by atoms with Crippen LogP contribution < -0.4 is 14.8 Å². The molecular weight excluding hydrogens is 412 g/mol. The summed E-state index contributed by atoms with van der Waals surface area (Å²) in [5.74, 6) is 1.53. The SMILES string of the molecule is CCOc1ccccc1C1CCC(OC[C@@H]2NCCC[C@@H]2NS(=O)(=O)[C@@H](C)CC)CC1. The molecule has 176 valence electrons. The summed E-state index contributed by atoms with van der Waals surface area (Å²) in [5.41, 5.74) is 1.32. The van der Waals surface area contributed by atoms with Crippen LogP contribution in [0.1, 0.15) is 77.2 Å². The first-order chi connectivity index (χ1) is 14.9. The van der Waals surface area contributed by atoms with Gasteiger partial charge in [-0.25, -0.2) is 13.1 Å². The number of hydrogen-bond acceptors (Lipinski definition) is 5. The second kappa shape index (κ2) is 11.6. The fourth-order valence-electron chi connectivity index (χ4n) is 4.70. The molecule has 2 fully saturated rings. The summed E-state index contributed by atoms with van der Waals surface area (Å²) < 4.78 is 40.1. The van der Waals surface area contributed by atoms with Crippen LogP contribution in [0, 0.1) is 0 Å². The normalized spacial score (nSPS) is 28.2. The van der Waals surface area contributed by atoms with Crippen LogP contribution in [0.5, 0.6) is 5.75 Å². The molecule has 2 N–H and O–H groups in total. The van der Waals surface area contributed by atoms with E-state index in [2.05, 4.69) is 28.2 Å². The minimum atomic E-state index is -3.29. The van der Waals surface area contributed by atoms with Crippen molar-refractivity contribution in [1.29, 1.82) is 0 Å². The molecule has 1 saturated heterocycles. The molecule has 2 aliphatic rings. The maximum Gasteiger partial charge on any atom is 0.214 e. The van der Waals surface area contributed by atoms with Crippen LogP contribution in [0.2, 0.25) is 0 Å². The van der Waals surface area contributed by atoms with Gasteiger partial charge in [-0.3, -0.25) is 0 Å². The average molecular weight is 453 g/mol. The first-order valence-corrected chi connectivity index (χ1v) is 13.6. The van der Waals surface area contributed by atoms with E-state index in [9.17, 15) is 8.42 Å². The number of ether oxygens (including phenoxy) is 2. The second-order valence-corrected chi connectivity index (χ2v) is 11.1. The molecule has 3 rings (SSSR count). The summed E-state index contributed by atoms with van der Waals surface area (Å²) in [4.78, 5) is 0. The predicted octanol–water partition coefficient (Wildman–Crippen LogP) is 3.97. The lowest BCUT2D eigenvalue weighted by Crippen LogP contribution is -2.56. The molecular formula is C24H40N2O4S. The van der Waals surface area contributed by atoms with E-state index in [0.717, 1.165) is 50.8 Å². The third-order valence-electron chi connectivity index (χ3n) is 6.85. The summed E-state index contributed by atoms with van der Waals surface area (Å²) in [6, 6.07) is 8.32. The Bertz CT molecular complexity index is 778. The Kier molecular flexibility index (Phi) is 9.19. The zero-order valence-electron chi connectivity index (χ0n) is 19.3. The molecule has 1 saturated carbocycles. The highest BCUT2D eigenvalue weighted by molar-refractivity contribution is 7.90. The predicted molar refractivity (Wildman–Crippen MR) is 125 cm³/mol. The first-order valence-electron chi connectivity index (χ1n) is 12.0. The van der Waals surface area contributed by atoms with Gasteiger partial charge in [0.2, 0.25) is 10.0 Å². The third-order valence-corrected chi connectivity index (χ3v) is 8.87. The van der Waals surface area contributed by atoms with Crippen LogP contribution in [-0.4, -0.2) is 51.6 Å². The fourth-order valence-corrected chi connectivity index (χ4v) is 6.08. The van der Waals surface area contributed by atoms with E-state index in [1.54, 1.807) is 6.92 Å². The Morgan fingerprint density at radius 1 is 1.13 bits per heavy atom. The zero-order valence-corrected chi connectivity index (χ0v) is 20.1. The van der Waals surface area contributed by atoms with Gasteiger partial charge in [-0.05, 0) is 82.9 Å². The summed E-state index contributed by atoms with van der Waals surface area (Å²) in [5, 5.41) is 3.11. The van der Waals surface area contributed by atoms with Gasteiger partial charge in [-0.15, -0.1) is 0 Å². The molecule has 0 radical (unpaired) electrons. The molecule has 31 heavy (non-hydrogen) atoms. The summed E-state index contributed by atoms with van der Waals surface area (Å²) in [7, 11) is -3.29. The van der Waals surface area contributed by atoms with Gasteiger partial charge in [0, 0.05) is 12.1 Å². The van der Waals surface area contributed by atoms with E-state index < -0.39 is 10.0 Å². The lowest BCUT2D eigenvalue weighted by atomic mass is 9.82. The van der Waals surface area contributed by atoms with Crippen molar-refractivity contribution in [2.45, 2.75) is 95.1 Å². The maximum atomic E-state index is 12.5. The van der Waals surface area contributed by atoms with Gasteiger partial charge in [0.25, 0.3) is 0 Å². The van der Waals surface area contributed by atoms with E-state index in [0.29, 0.717) is 25.6 Å². The van der Waals surface area contributed by atoms with E-state index in [4.69, 9.17) is 9.47 Å². The van der Waals surface area contributed by atoms with Gasteiger partial charge in [0.1, 0.15) is 5.75 Å². The van der Waals surface area contributed by atoms with E-state index in [1.165, 1.54) is 5.56 Å². The van der Waals surface area contributed by atoms with E-state index >= 15 is 0 Å². The Balaban J connectivity index is 1.50. The Morgan fingerprint density at radius 2 is 1.87 bits per heavy atom. The quantitative estimate of drug-likeness (QED) is 0.562. The van der Waals surface area contributed by atoms with Gasteiger partial charge in [-0.1, -0.05) is 25.1 Å². The highest BCUT2D eigenvalue weighted by Gasteiger charge is 2.32. The van der Waals surface area contributed by atoms with E-state index in [1.807, 2.05) is 19.9 Å². The smallest absolute Gasteiger partial charge is 0.214 e. The standard InChI is InChI=1S/C24H40N2O4S/c1-4-18(3)31(27,28)26-22-10-8-16-25-23(22)17-30-20-14-12-19(13-15-20)21-9-6-7-11-24(21)29-5-2/h6-7,9,11,18-20,22-23,25-26H,4-5,8,10,12-17H2,1-3H3/t18-,19?,20?,22-,23-/m0/s1. The third kappa shape index (κ3) is 6.67. The average Bonchev–Trinajstić information content (AvgIpc) is 2.78. The summed E-state index contributed by atoms with van der Waals surface area (Å²) >= 11 is 0. The molecule has 0 aromatic heterocycles. The largest absolute Gasteiger partial charge is 0.494 e. The van der Waals surface area contributed by atoms with Crippen molar-refractivity contribution in [3.63, 3.8) is 0 Å². The monoisotopic (exact) mass is 452 g/mol. The van der Waals surface area contributed by atoms with Crippen molar-refractivity contribution in [2.75, 3.05) is 19.8 Å². The fraction of sp³-hybridized carbons (Fsp3) is 0.750. The molecule has 1 aliphatic carbocycles. The Morgan fingerprint density at radius 3 is 2.58 bits per heavy atom. The lowest BCUT2D eigenvalue weighted by Gasteiger charge is -2.36. The summed E-state index contributed by atoms with van der Waals surface area (Å²) in [6.45, 7) is 7.86. The highest BCUT2D eigenvalue weighted by atomic mass is 32.2. The molecule has 6 nitrogen and oxygen atoms in total. The molecule has 7 heteroatoms. The summed E-state index contributed by atoms with van der Waals surface area (Å²) in [6.07, 6.45) is 6.94. The van der Waals surface area contributed by atoms with Crippen molar-refractivity contribution in [3.05, 3.63) is 29.8 Å². The van der Waals surface area contributed by atoms with Crippen LogP contribution in [0.4, 0.5) is 0 Å². The van der Waals surface area contributed by atoms with Crippen LogP contribution in [0.3, 0.4) is 0 Å². The van der Waals surface area contributed by atoms with Crippen molar-refractivity contribution in [2.24, 2.45) is 0 Å². The number of benzene rings is 1. The van der Waals surface area contributed by atoms with Crippen LogP contribution in [0.15, 0.2) is 24.3 Å². The van der Waals surface area contributed by atoms with Gasteiger partial charge in [0.15, 0.2) is 0 Å². The molecule has 3 atom stereocenters. The highest BCUT2D eigenvalue weighted by Crippen LogP contribution is 2.38. The number of nitrogens with one attached hydrogen (secondary N) is 2.